The molecule has 0 N–H and O–H groups in total. The van der Waals surface area contributed by atoms with Gasteiger partial charge >= 0.3 is 0 Å². The third kappa shape index (κ3) is 3.14. The molecule has 3 aromatic rings. The number of para-hydroxylation sites is 1. The molecule has 0 unspecified atom stereocenters. The zero-order chi connectivity index (χ0) is 20.3. The Kier molecular flexibility index (Phi) is 4.25. The van der Waals surface area contributed by atoms with E-state index in [9.17, 15) is 13.2 Å². The van der Waals surface area contributed by atoms with Gasteiger partial charge in [-0.05, 0) is 37.9 Å². The molecular formula is C21H26N4O3S. The number of rotatable bonds is 4. The number of carbonyl (C=O) groups excluding carboxylic acids is 1. The number of fused-ring (bicyclic) bond motifs is 3. The SMILES string of the molecule is CN1CCN(C(=O)c2cc3c(c4ccccc4n3CC3CC3)n2S(C)(=O)=O)CC1. The van der Waals surface area contributed by atoms with Crippen LogP contribution in [-0.2, 0) is 16.6 Å². The summed E-state index contributed by atoms with van der Waals surface area (Å²) in [5, 5.41) is 0.881. The van der Waals surface area contributed by atoms with Crippen LogP contribution < -0.4 is 0 Å². The van der Waals surface area contributed by atoms with E-state index in [4.69, 9.17) is 0 Å². The van der Waals surface area contributed by atoms with Gasteiger partial charge in [-0.15, -0.1) is 0 Å². The Morgan fingerprint density at radius 3 is 2.41 bits per heavy atom. The highest BCUT2D eigenvalue weighted by molar-refractivity contribution is 7.89. The number of hydrogen-bond acceptors (Lipinski definition) is 4. The van der Waals surface area contributed by atoms with Gasteiger partial charge in [-0.25, -0.2) is 12.4 Å². The number of nitrogens with zero attached hydrogens (tertiary/aromatic N) is 4. The second-order valence-corrected chi connectivity index (χ2v) is 10.3. The minimum Gasteiger partial charge on any atom is -0.339 e. The molecule has 7 nitrogen and oxygen atoms in total. The molecule has 1 aliphatic carbocycles. The Balaban J connectivity index is 1.73. The van der Waals surface area contributed by atoms with Crippen LogP contribution in [0.15, 0.2) is 30.3 Å². The van der Waals surface area contributed by atoms with Crippen LogP contribution in [0.5, 0.6) is 0 Å². The van der Waals surface area contributed by atoms with Gasteiger partial charge in [-0.1, -0.05) is 18.2 Å². The lowest BCUT2D eigenvalue weighted by atomic mass is 10.2. The fraction of sp³-hybridized carbons (Fsp3) is 0.476. The molecular weight excluding hydrogens is 388 g/mol. The lowest BCUT2D eigenvalue weighted by Gasteiger charge is -2.32. The Labute approximate surface area is 170 Å². The second-order valence-electron chi connectivity index (χ2n) is 8.46. The molecule has 0 radical (unpaired) electrons. The van der Waals surface area contributed by atoms with E-state index in [1.165, 1.54) is 23.1 Å². The van der Waals surface area contributed by atoms with Crippen molar-refractivity contribution < 1.29 is 13.2 Å². The number of benzene rings is 1. The van der Waals surface area contributed by atoms with Gasteiger partial charge in [0.25, 0.3) is 5.91 Å². The lowest BCUT2D eigenvalue weighted by Crippen LogP contribution is -2.47. The van der Waals surface area contributed by atoms with Crippen molar-refractivity contribution in [3.8, 4) is 0 Å². The Morgan fingerprint density at radius 2 is 1.76 bits per heavy atom. The summed E-state index contributed by atoms with van der Waals surface area (Å²) in [5.41, 5.74) is 2.74. The van der Waals surface area contributed by atoms with Crippen molar-refractivity contribution >= 4 is 37.9 Å². The molecule has 8 heteroatoms. The van der Waals surface area contributed by atoms with Crippen LogP contribution in [0.3, 0.4) is 0 Å². The third-order valence-corrected chi connectivity index (χ3v) is 7.20. The molecule has 0 bridgehead atoms. The molecule has 154 valence electrons. The maximum Gasteiger partial charge on any atom is 0.271 e. The monoisotopic (exact) mass is 414 g/mol. The normalized spacial score (nSPS) is 18.8. The van der Waals surface area contributed by atoms with E-state index < -0.39 is 10.0 Å². The summed E-state index contributed by atoms with van der Waals surface area (Å²) >= 11 is 0. The number of likely N-dealkylation sites (N-methyl/N-ethyl adjacent to an activating group) is 1. The van der Waals surface area contributed by atoms with Gasteiger partial charge in [0.05, 0.1) is 22.8 Å². The van der Waals surface area contributed by atoms with Crippen molar-refractivity contribution in [1.29, 1.82) is 0 Å². The Hall–Kier alpha value is -2.32. The number of aromatic nitrogens is 2. The average molecular weight is 415 g/mol. The number of hydrogen-bond donors (Lipinski definition) is 0. The van der Waals surface area contributed by atoms with Gasteiger partial charge in [0.2, 0.25) is 10.0 Å². The highest BCUT2D eigenvalue weighted by atomic mass is 32.2. The summed E-state index contributed by atoms with van der Waals surface area (Å²) < 4.78 is 29.1. The molecule has 3 heterocycles. The number of piperazine rings is 1. The smallest absolute Gasteiger partial charge is 0.271 e. The summed E-state index contributed by atoms with van der Waals surface area (Å²) in [4.78, 5) is 17.3. The van der Waals surface area contributed by atoms with Crippen LogP contribution in [-0.4, -0.2) is 72.1 Å². The van der Waals surface area contributed by atoms with Crippen LogP contribution in [0, 0.1) is 5.92 Å². The molecule has 29 heavy (non-hydrogen) atoms. The van der Waals surface area contributed by atoms with Gasteiger partial charge in [-0.3, -0.25) is 4.79 Å². The number of carbonyl (C=O) groups is 1. The largest absolute Gasteiger partial charge is 0.339 e. The van der Waals surface area contributed by atoms with Gasteiger partial charge in [0, 0.05) is 38.1 Å². The van der Waals surface area contributed by atoms with Crippen molar-refractivity contribution in [2.24, 2.45) is 5.92 Å². The molecule has 2 aliphatic rings. The van der Waals surface area contributed by atoms with Gasteiger partial charge in [0.1, 0.15) is 5.69 Å². The van der Waals surface area contributed by atoms with Crippen molar-refractivity contribution in [2.75, 3.05) is 39.5 Å². The molecule has 5 rings (SSSR count). The van der Waals surface area contributed by atoms with E-state index in [-0.39, 0.29) is 11.6 Å². The second kappa shape index (κ2) is 6.60. The maximum absolute atomic E-state index is 13.3. The van der Waals surface area contributed by atoms with Crippen molar-refractivity contribution in [1.82, 2.24) is 18.3 Å². The standard InChI is InChI=1S/C21H26N4O3S/c1-22-9-11-23(12-10-22)21(26)19-13-18-20(25(19)29(2,27)28)16-5-3-4-6-17(16)24(18)14-15-7-8-15/h3-6,13,15H,7-12,14H2,1-2H3. The van der Waals surface area contributed by atoms with E-state index in [1.807, 2.05) is 31.3 Å². The van der Waals surface area contributed by atoms with Crippen LogP contribution in [0.2, 0.25) is 0 Å². The summed E-state index contributed by atoms with van der Waals surface area (Å²) in [7, 11) is -1.63. The van der Waals surface area contributed by atoms with Crippen molar-refractivity contribution in [3.05, 3.63) is 36.0 Å². The maximum atomic E-state index is 13.3. The first-order chi connectivity index (χ1) is 13.8. The first-order valence-corrected chi connectivity index (χ1v) is 12.0. The van der Waals surface area contributed by atoms with E-state index in [0.29, 0.717) is 24.5 Å². The molecule has 1 amide bonds. The molecule has 0 spiro atoms. The predicted molar refractivity (Wildman–Crippen MR) is 114 cm³/mol. The van der Waals surface area contributed by atoms with Crippen LogP contribution in [0.4, 0.5) is 0 Å². The fourth-order valence-corrected chi connectivity index (χ4v) is 5.40. The molecule has 1 saturated carbocycles. The summed E-state index contributed by atoms with van der Waals surface area (Å²) in [6.07, 6.45) is 3.59. The first-order valence-electron chi connectivity index (χ1n) is 10.2. The minimum absolute atomic E-state index is 0.207. The summed E-state index contributed by atoms with van der Waals surface area (Å²) in [5.74, 6) is 0.425. The highest BCUT2D eigenvalue weighted by Crippen LogP contribution is 2.37. The van der Waals surface area contributed by atoms with Gasteiger partial charge in [0.15, 0.2) is 0 Å². The molecule has 2 aromatic heterocycles. The lowest BCUT2D eigenvalue weighted by molar-refractivity contribution is 0.0657. The number of amides is 1. The quantitative estimate of drug-likeness (QED) is 0.656. The van der Waals surface area contributed by atoms with Crippen LogP contribution in [0.25, 0.3) is 21.9 Å². The zero-order valence-corrected chi connectivity index (χ0v) is 17.7. The average Bonchev–Trinajstić information content (AvgIpc) is 3.34. The van der Waals surface area contributed by atoms with Crippen molar-refractivity contribution in [2.45, 2.75) is 19.4 Å². The summed E-state index contributed by atoms with van der Waals surface area (Å²) in [6, 6.07) is 9.68. The van der Waals surface area contributed by atoms with Crippen LogP contribution in [0.1, 0.15) is 23.3 Å². The van der Waals surface area contributed by atoms with E-state index in [0.717, 1.165) is 36.1 Å². The zero-order valence-electron chi connectivity index (χ0n) is 16.8. The Bertz CT molecular complexity index is 1210. The Morgan fingerprint density at radius 1 is 1.07 bits per heavy atom. The van der Waals surface area contributed by atoms with E-state index >= 15 is 0 Å². The molecule has 0 atom stereocenters. The molecule has 1 aliphatic heterocycles. The van der Waals surface area contributed by atoms with Gasteiger partial charge < -0.3 is 14.4 Å². The molecule has 2 fully saturated rings. The summed E-state index contributed by atoms with van der Waals surface area (Å²) in [6.45, 7) is 3.66. The highest BCUT2D eigenvalue weighted by Gasteiger charge is 2.31. The topological polar surface area (TPSA) is 67.5 Å². The van der Waals surface area contributed by atoms with E-state index in [1.54, 1.807) is 11.0 Å². The van der Waals surface area contributed by atoms with Crippen LogP contribution >= 0.6 is 0 Å². The predicted octanol–water partition coefficient (Wildman–Crippen LogP) is 2.20. The first kappa shape index (κ1) is 18.7. The van der Waals surface area contributed by atoms with Crippen molar-refractivity contribution in [3.63, 3.8) is 0 Å². The fourth-order valence-electron chi connectivity index (χ4n) is 4.39. The minimum atomic E-state index is -3.66. The van der Waals surface area contributed by atoms with Gasteiger partial charge in [-0.2, -0.15) is 0 Å². The molecule has 1 saturated heterocycles. The van der Waals surface area contributed by atoms with E-state index in [2.05, 4.69) is 9.47 Å². The molecule has 1 aromatic carbocycles. The third-order valence-electron chi connectivity index (χ3n) is 6.16.